The molecule has 2 aromatic carbocycles. The first kappa shape index (κ1) is 25.7. The topological polar surface area (TPSA) is 52.2 Å². The zero-order valence-corrected chi connectivity index (χ0v) is 20.7. The molecule has 6 heteroatoms. The van der Waals surface area contributed by atoms with Crippen LogP contribution in [0.15, 0.2) is 36.4 Å². The summed E-state index contributed by atoms with van der Waals surface area (Å²) in [5, 5.41) is 3.50. The SMILES string of the molecule is COc1ccc(CCN(C)CCCNc2ccc(OC(C)C)c(OC(C)C)c2)cc1OC. The molecule has 0 fully saturated rings. The van der Waals surface area contributed by atoms with E-state index in [-0.39, 0.29) is 12.2 Å². The predicted molar refractivity (Wildman–Crippen MR) is 132 cm³/mol. The van der Waals surface area contributed by atoms with E-state index in [2.05, 4.69) is 29.4 Å². The summed E-state index contributed by atoms with van der Waals surface area (Å²) in [6.07, 6.45) is 2.22. The average molecular weight is 445 g/mol. The van der Waals surface area contributed by atoms with E-state index < -0.39 is 0 Å². The fourth-order valence-electron chi connectivity index (χ4n) is 3.36. The van der Waals surface area contributed by atoms with Crippen LogP contribution in [0.25, 0.3) is 0 Å². The summed E-state index contributed by atoms with van der Waals surface area (Å²) in [7, 11) is 5.49. The Hall–Kier alpha value is -2.60. The van der Waals surface area contributed by atoms with Gasteiger partial charge in [-0.1, -0.05) is 6.07 Å². The molecule has 0 unspecified atom stereocenters. The number of hydrogen-bond acceptors (Lipinski definition) is 6. The second-order valence-electron chi connectivity index (χ2n) is 8.52. The molecule has 0 bridgehead atoms. The Kier molecular flexibility index (Phi) is 10.5. The van der Waals surface area contributed by atoms with Crippen LogP contribution in [0.1, 0.15) is 39.7 Å². The van der Waals surface area contributed by atoms with Crippen molar-refractivity contribution < 1.29 is 18.9 Å². The van der Waals surface area contributed by atoms with Gasteiger partial charge in [0.2, 0.25) is 0 Å². The molecule has 0 saturated heterocycles. The minimum Gasteiger partial charge on any atom is -0.493 e. The summed E-state index contributed by atoms with van der Waals surface area (Å²) in [5.41, 5.74) is 2.29. The van der Waals surface area contributed by atoms with Gasteiger partial charge in [0.1, 0.15) is 0 Å². The molecule has 0 radical (unpaired) electrons. The van der Waals surface area contributed by atoms with E-state index in [0.717, 1.165) is 61.2 Å². The van der Waals surface area contributed by atoms with Gasteiger partial charge in [0.05, 0.1) is 26.4 Å². The third-order valence-electron chi connectivity index (χ3n) is 4.94. The van der Waals surface area contributed by atoms with Gasteiger partial charge in [-0.15, -0.1) is 0 Å². The maximum atomic E-state index is 5.95. The standard InChI is InChI=1S/C26H40N2O4/c1-19(2)31-24-12-10-22(18-26(24)32-20(3)4)27-14-8-15-28(5)16-13-21-9-11-23(29-6)25(17-21)30-7/h9-12,17-20,27H,8,13-16H2,1-7H3. The molecule has 0 heterocycles. The fraction of sp³-hybridized carbons (Fsp3) is 0.538. The Labute approximate surface area is 193 Å². The van der Waals surface area contributed by atoms with Crippen molar-refractivity contribution in [2.45, 2.75) is 52.7 Å². The first-order valence-corrected chi connectivity index (χ1v) is 11.4. The van der Waals surface area contributed by atoms with Crippen LogP contribution in [-0.4, -0.2) is 58.0 Å². The molecule has 0 amide bonds. The highest BCUT2D eigenvalue weighted by molar-refractivity contribution is 5.55. The number of nitrogens with zero attached hydrogens (tertiary/aromatic N) is 1. The number of likely N-dealkylation sites (N-methyl/N-ethyl adjacent to an activating group) is 1. The molecule has 0 atom stereocenters. The molecule has 0 saturated carbocycles. The lowest BCUT2D eigenvalue weighted by molar-refractivity contribution is 0.199. The van der Waals surface area contributed by atoms with Gasteiger partial charge < -0.3 is 29.2 Å². The lowest BCUT2D eigenvalue weighted by Crippen LogP contribution is -2.24. The second kappa shape index (κ2) is 13.1. The maximum absolute atomic E-state index is 5.95. The van der Waals surface area contributed by atoms with Gasteiger partial charge in [0.25, 0.3) is 0 Å². The Morgan fingerprint density at radius 3 is 2.09 bits per heavy atom. The number of methoxy groups -OCH3 is 2. The summed E-state index contributed by atoms with van der Waals surface area (Å²) in [5.74, 6) is 3.11. The highest BCUT2D eigenvalue weighted by Crippen LogP contribution is 2.32. The Balaban J connectivity index is 1.79. The van der Waals surface area contributed by atoms with Crippen molar-refractivity contribution in [2.75, 3.05) is 46.2 Å². The molecule has 1 N–H and O–H groups in total. The number of hydrogen-bond donors (Lipinski definition) is 1. The molecule has 32 heavy (non-hydrogen) atoms. The molecular formula is C26H40N2O4. The number of nitrogens with one attached hydrogen (secondary N) is 1. The van der Waals surface area contributed by atoms with E-state index in [1.807, 2.05) is 52.0 Å². The predicted octanol–water partition coefficient (Wildman–Crippen LogP) is 5.25. The third-order valence-corrected chi connectivity index (χ3v) is 4.94. The van der Waals surface area contributed by atoms with E-state index in [9.17, 15) is 0 Å². The number of anilines is 1. The van der Waals surface area contributed by atoms with Crippen LogP contribution in [0, 0.1) is 0 Å². The molecule has 0 aliphatic heterocycles. The van der Waals surface area contributed by atoms with Gasteiger partial charge >= 0.3 is 0 Å². The van der Waals surface area contributed by atoms with Crippen LogP contribution < -0.4 is 24.3 Å². The van der Waals surface area contributed by atoms with Crippen molar-refractivity contribution in [1.29, 1.82) is 0 Å². The van der Waals surface area contributed by atoms with E-state index in [0.29, 0.717) is 0 Å². The summed E-state index contributed by atoms with van der Waals surface area (Å²) in [4.78, 5) is 2.35. The molecule has 0 aliphatic carbocycles. The van der Waals surface area contributed by atoms with E-state index in [1.54, 1.807) is 14.2 Å². The normalized spacial score (nSPS) is 11.2. The van der Waals surface area contributed by atoms with Crippen molar-refractivity contribution >= 4 is 5.69 Å². The summed E-state index contributed by atoms with van der Waals surface area (Å²) in [6.45, 7) is 11.0. The molecule has 0 aliphatic rings. The first-order valence-electron chi connectivity index (χ1n) is 11.4. The van der Waals surface area contributed by atoms with Gasteiger partial charge in [-0.3, -0.25) is 0 Å². The van der Waals surface area contributed by atoms with Crippen LogP contribution in [0.2, 0.25) is 0 Å². The molecule has 0 aromatic heterocycles. The van der Waals surface area contributed by atoms with Crippen molar-refractivity contribution in [3.8, 4) is 23.0 Å². The molecular weight excluding hydrogens is 404 g/mol. The number of ether oxygens (including phenoxy) is 4. The maximum Gasteiger partial charge on any atom is 0.163 e. The van der Waals surface area contributed by atoms with Crippen LogP contribution >= 0.6 is 0 Å². The number of benzene rings is 2. The van der Waals surface area contributed by atoms with Gasteiger partial charge in [-0.2, -0.15) is 0 Å². The summed E-state index contributed by atoms with van der Waals surface area (Å²) in [6, 6.07) is 12.2. The highest BCUT2D eigenvalue weighted by atomic mass is 16.5. The smallest absolute Gasteiger partial charge is 0.163 e. The zero-order valence-electron chi connectivity index (χ0n) is 20.7. The van der Waals surface area contributed by atoms with Gasteiger partial charge in [-0.25, -0.2) is 0 Å². The van der Waals surface area contributed by atoms with E-state index in [4.69, 9.17) is 18.9 Å². The fourth-order valence-corrected chi connectivity index (χ4v) is 3.36. The van der Waals surface area contributed by atoms with Crippen LogP contribution in [0.4, 0.5) is 5.69 Å². The molecule has 6 nitrogen and oxygen atoms in total. The minimum atomic E-state index is 0.0964. The van der Waals surface area contributed by atoms with Gasteiger partial charge in [-0.05, 0) is 84.0 Å². The van der Waals surface area contributed by atoms with Crippen molar-refractivity contribution in [3.05, 3.63) is 42.0 Å². The molecule has 0 spiro atoms. The second-order valence-corrected chi connectivity index (χ2v) is 8.52. The Morgan fingerprint density at radius 1 is 0.781 bits per heavy atom. The molecule has 178 valence electrons. The largest absolute Gasteiger partial charge is 0.493 e. The lowest BCUT2D eigenvalue weighted by atomic mass is 10.1. The molecule has 2 aromatic rings. The monoisotopic (exact) mass is 444 g/mol. The quantitative estimate of drug-likeness (QED) is 0.402. The van der Waals surface area contributed by atoms with Crippen molar-refractivity contribution in [1.82, 2.24) is 4.90 Å². The summed E-state index contributed by atoms with van der Waals surface area (Å²) < 4.78 is 22.5. The van der Waals surface area contributed by atoms with Crippen LogP contribution in [0.3, 0.4) is 0 Å². The first-order chi connectivity index (χ1) is 15.3. The number of rotatable bonds is 14. The Morgan fingerprint density at radius 2 is 1.44 bits per heavy atom. The van der Waals surface area contributed by atoms with Crippen LogP contribution in [-0.2, 0) is 6.42 Å². The van der Waals surface area contributed by atoms with Crippen molar-refractivity contribution in [3.63, 3.8) is 0 Å². The highest BCUT2D eigenvalue weighted by Gasteiger charge is 2.10. The Bertz CT molecular complexity index is 823. The van der Waals surface area contributed by atoms with Gasteiger partial charge in [0.15, 0.2) is 23.0 Å². The van der Waals surface area contributed by atoms with Gasteiger partial charge in [0, 0.05) is 24.8 Å². The van der Waals surface area contributed by atoms with Crippen LogP contribution in [0.5, 0.6) is 23.0 Å². The average Bonchev–Trinajstić information content (AvgIpc) is 2.76. The molecule has 2 rings (SSSR count). The minimum absolute atomic E-state index is 0.0964. The van der Waals surface area contributed by atoms with Crippen molar-refractivity contribution in [2.24, 2.45) is 0 Å². The van der Waals surface area contributed by atoms with E-state index in [1.165, 1.54) is 5.56 Å². The third kappa shape index (κ3) is 8.50. The summed E-state index contributed by atoms with van der Waals surface area (Å²) >= 11 is 0. The zero-order chi connectivity index (χ0) is 23.5. The lowest BCUT2D eigenvalue weighted by Gasteiger charge is -2.19. The van der Waals surface area contributed by atoms with E-state index >= 15 is 0 Å².